The van der Waals surface area contributed by atoms with Gasteiger partial charge in [-0.1, -0.05) is 17.4 Å². The van der Waals surface area contributed by atoms with E-state index in [1.165, 1.54) is 36.1 Å². The summed E-state index contributed by atoms with van der Waals surface area (Å²) in [4.78, 5) is 24.1. The fourth-order valence-corrected chi connectivity index (χ4v) is 2.58. The molecule has 0 spiro atoms. The predicted molar refractivity (Wildman–Crippen MR) is 81.4 cm³/mol. The summed E-state index contributed by atoms with van der Waals surface area (Å²) in [5, 5.41) is 6.68. The van der Waals surface area contributed by atoms with Crippen LogP contribution < -0.4 is 11.2 Å². The third-order valence-corrected chi connectivity index (χ3v) is 3.60. The minimum absolute atomic E-state index is 0.243. The summed E-state index contributed by atoms with van der Waals surface area (Å²) in [6, 6.07) is 5.63. The first-order valence-electron chi connectivity index (χ1n) is 5.97. The number of fused-ring (bicyclic) bond motifs is 1. The highest BCUT2D eigenvalue weighted by Gasteiger charge is 2.11. The molecule has 21 heavy (non-hydrogen) atoms. The fraction of sp³-hybridized carbons (Fsp3) is 0. The van der Waals surface area contributed by atoms with Gasteiger partial charge < -0.3 is 5.84 Å². The Bertz CT molecular complexity index is 814. The third kappa shape index (κ3) is 2.84. The van der Waals surface area contributed by atoms with E-state index in [4.69, 9.17) is 5.84 Å². The number of carbonyl (C=O) groups is 1. The molecule has 0 saturated carbocycles. The molecule has 0 aliphatic carbocycles. The summed E-state index contributed by atoms with van der Waals surface area (Å²) < 4.78 is 0.957. The van der Waals surface area contributed by atoms with Crippen molar-refractivity contribution in [2.75, 3.05) is 5.32 Å². The van der Waals surface area contributed by atoms with Crippen LogP contribution in [0.4, 0.5) is 5.13 Å². The molecule has 3 rings (SSSR count). The highest BCUT2D eigenvalue weighted by atomic mass is 32.1. The molecule has 0 aliphatic rings. The number of aromatic nitrogens is 3. The normalized spacial score (nSPS) is 11.0. The van der Waals surface area contributed by atoms with Gasteiger partial charge in [-0.2, -0.15) is 5.10 Å². The van der Waals surface area contributed by atoms with E-state index in [-0.39, 0.29) is 11.6 Å². The number of benzene rings is 1. The van der Waals surface area contributed by atoms with Gasteiger partial charge in [-0.3, -0.25) is 15.1 Å². The number of hydrogen-bond donors (Lipinski definition) is 2. The lowest BCUT2D eigenvalue weighted by Crippen LogP contribution is -2.13. The van der Waals surface area contributed by atoms with E-state index >= 15 is 0 Å². The second-order valence-electron chi connectivity index (χ2n) is 4.07. The fourth-order valence-electron chi connectivity index (χ4n) is 1.74. The molecule has 8 heteroatoms. The Hall–Kier alpha value is -2.87. The molecule has 2 aromatic heterocycles. The average Bonchev–Trinajstić information content (AvgIpc) is 2.90. The molecule has 1 amide bonds. The van der Waals surface area contributed by atoms with Crippen molar-refractivity contribution in [3.63, 3.8) is 0 Å². The second-order valence-corrected chi connectivity index (χ2v) is 5.10. The zero-order valence-electron chi connectivity index (χ0n) is 10.7. The van der Waals surface area contributed by atoms with Crippen LogP contribution in [0, 0.1) is 0 Å². The van der Waals surface area contributed by atoms with E-state index in [9.17, 15) is 4.79 Å². The molecule has 0 bridgehead atoms. The molecule has 1 aromatic carbocycles. The summed E-state index contributed by atoms with van der Waals surface area (Å²) in [6.07, 6.45) is 5.91. The monoisotopic (exact) mass is 298 g/mol. The van der Waals surface area contributed by atoms with E-state index in [1.807, 2.05) is 18.2 Å². The number of anilines is 1. The van der Waals surface area contributed by atoms with Gasteiger partial charge >= 0.3 is 0 Å². The second kappa shape index (κ2) is 5.63. The summed E-state index contributed by atoms with van der Waals surface area (Å²) in [5.74, 6) is 4.78. The first-order valence-corrected chi connectivity index (χ1v) is 6.79. The summed E-state index contributed by atoms with van der Waals surface area (Å²) in [7, 11) is 0. The van der Waals surface area contributed by atoms with E-state index in [2.05, 4.69) is 25.4 Å². The first-order chi connectivity index (χ1) is 10.3. The Morgan fingerprint density at radius 3 is 3.05 bits per heavy atom. The van der Waals surface area contributed by atoms with Gasteiger partial charge in [0.25, 0.3) is 5.91 Å². The summed E-state index contributed by atoms with van der Waals surface area (Å²) >= 11 is 1.38. The van der Waals surface area contributed by atoms with Crippen molar-refractivity contribution in [3.05, 3.63) is 48.0 Å². The molecular weight excluding hydrogens is 288 g/mol. The van der Waals surface area contributed by atoms with Crippen LogP contribution >= 0.6 is 11.3 Å². The largest absolute Gasteiger partial charge is 0.323 e. The van der Waals surface area contributed by atoms with Crippen molar-refractivity contribution < 1.29 is 4.79 Å². The number of nitrogens with one attached hydrogen (secondary N) is 1. The van der Waals surface area contributed by atoms with Gasteiger partial charge in [0, 0.05) is 12.4 Å². The molecule has 3 aromatic rings. The average molecular weight is 298 g/mol. The van der Waals surface area contributed by atoms with Gasteiger partial charge in [0.15, 0.2) is 5.13 Å². The van der Waals surface area contributed by atoms with Gasteiger partial charge in [-0.15, -0.1) is 0 Å². The maximum absolute atomic E-state index is 12.0. The maximum Gasteiger partial charge on any atom is 0.277 e. The Labute approximate surface area is 123 Å². The molecule has 7 nitrogen and oxygen atoms in total. The molecule has 0 unspecified atom stereocenters. The molecule has 0 fully saturated rings. The van der Waals surface area contributed by atoms with Gasteiger partial charge in [-0.25, -0.2) is 9.97 Å². The maximum atomic E-state index is 12.0. The first kappa shape index (κ1) is 13.1. The molecule has 104 valence electrons. The topological polar surface area (TPSA) is 106 Å². The van der Waals surface area contributed by atoms with E-state index in [1.54, 1.807) is 0 Å². The lowest BCUT2D eigenvalue weighted by Gasteiger charge is -1.98. The van der Waals surface area contributed by atoms with Crippen LogP contribution in [0.5, 0.6) is 0 Å². The van der Waals surface area contributed by atoms with E-state index < -0.39 is 0 Å². The highest BCUT2D eigenvalue weighted by molar-refractivity contribution is 7.22. The number of nitrogens with zero attached hydrogens (tertiary/aromatic N) is 4. The zero-order chi connectivity index (χ0) is 14.7. The quantitative estimate of drug-likeness (QED) is 0.434. The molecule has 0 atom stereocenters. The Kier molecular flexibility index (Phi) is 3.52. The minimum atomic E-state index is -0.342. The van der Waals surface area contributed by atoms with Crippen molar-refractivity contribution in [2.24, 2.45) is 10.9 Å². The van der Waals surface area contributed by atoms with Crippen LogP contribution in [0.25, 0.3) is 10.2 Å². The number of rotatable bonds is 3. The molecule has 3 N–H and O–H groups in total. The number of carbonyl (C=O) groups excluding carboxylic acids is 1. The van der Waals surface area contributed by atoms with Crippen molar-refractivity contribution in [2.45, 2.75) is 0 Å². The van der Waals surface area contributed by atoms with Crippen LogP contribution in [-0.2, 0) is 0 Å². The molecule has 0 radical (unpaired) electrons. The van der Waals surface area contributed by atoms with Crippen LogP contribution in [0.1, 0.15) is 16.1 Å². The zero-order valence-corrected chi connectivity index (χ0v) is 11.5. The number of thiazole rings is 1. The molecular formula is C13H10N6OS. The smallest absolute Gasteiger partial charge is 0.277 e. The van der Waals surface area contributed by atoms with Crippen molar-refractivity contribution in [1.29, 1.82) is 0 Å². The Balaban J connectivity index is 1.86. The lowest BCUT2D eigenvalue weighted by atomic mass is 10.2. The third-order valence-electron chi connectivity index (χ3n) is 2.65. The van der Waals surface area contributed by atoms with E-state index in [0.717, 1.165) is 15.8 Å². The van der Waals surface area contributed by atoms with Crippen LogP contribution in [0.2, 0.25) is 0 Å². The summed E-state index contributed by atoms with van der Waals surface area (Å²) in [5.41, 5.74) is 1.86. The molecule has 0 saturated heterocycles. The highest BCUT2D eigenvalue weighted by Crippen LogP contribution is 2.26. The molecule has 2 heterocycles. The lowest BCUT2D eigenvalue weighted by molar-refractivity contribution is 0.102. The number of amides is 1. The standard InChI is InChI=1S/C13H10N6OS/c14-17-6-8-1-2-11-9(5-8)18-13(21-11)19-12(20)10-7-15-3-4-16-10/h1-7H,14H2,(H,18,19,20). The van der Waals surface area contributed by atoms with Crippen LogP contribution in [0.3, 0.4) is 0 Å². The van der Waals surface area contributed by atoms with Crippen molar-refractivity contribution in [1.82, 2.24) is 15.0 Å². The van der Waals surface area contributed by atoms with Crippen molar-refractivity contribution in [3.8, 4) is 0 Å². The SMILES string of the molecule is NN=Cc1ccc2sc(NC(=O)c3cnccn3)nc2c1. The minimum Gasteiger partial charge on any atom is -0.323 e. The number of nitrogens with two attached hydrogens (primary N) is 1. The predicted octanol–water partition coefficient (Wildman–Crippen LogP) is 1.63. The molecule has 0 aliphatic heterocycles. The Morgan fingerprint density at radius 1 is 1.38 bits per heavy atom. The summed E-state index contributed by atoms with van der Waals surface area (Å²) in [6.45, 7) is 0. The van der Waals surface area contributed by atoms with Crippen LogP contribution in [-0.4, -0.2) is 27.1 Å². The van der Waals surface area contributed by atoms with Gasteiger partial charge in [0.2, 0.25) is 0 Å². The van der Waals surface area contributed by atoms with Crippen molar-refractivity contribution >= 4 is 38.8 Å². The van der Waals surface area contributed by atoms with E-state index in [0.29, 0.717) is 5.13 Å². The number of hydrazone groups is 1. The van der Waals surface area contributed by atoms with Crippen LogP contribution in [0.15, 0.2) is 41.9 Å². The Morgan fingerprint density at radius 2 is 2.29 bits per heavy atom. The van der Waals surface area contributed by atoms with Gasteiger partial charge in [0.1, 0.15) is 5.69 Å². The number of hydrogen-bond acceptors (Lipinski definition) is 7. The van der Waals surface area contributed by atoms with Gasteiger partial charge in [-0.05, 0) is 17.7 Å². The van der Waals surface area contributed by atoms with Gasteiger partial charge in [0.05, 0.1) is 22.6 Å².